The van der Waals surface area contributed by atoms with Gasteiger partial charge in [-0.2, -0.15) is 0 Å². The number of carboxylic acids is 1. The van der Waals surface area contributed by atoms with Gasteiger partial charge in [-0.1, -0.05) is 33.6 Å². The lowest BCUT2D eigenvalue weighted by atomic mass is 9.95. The van der Waals surface area contributed by atoms with Crippen LogP contribution in [-0.2, 0) is 9.59 Å². The largest absolute Gasteiger partial charge is 0.481 e. The van der Waals surface area contributed by atoms with Gasteiger partial charge in [-0.15, -0.1) is 0 Å². The monoisotopic (exact) mass is 269 g/mol. The molecule has 19 heavy (non-hydrogen) atoms. The fraction of sp³-hybridized carbons (Fsp3) is 0.867. The van der Waals surface area contributed by atoms with Crippen LogP contribution in [0, 0.1) is 23.7 Å². The number of hydrogen-bond acceptors (Lipinski definition) is 2. The molecule has 0 aliphatic heterocycles. The van der Waals surface area contributed by atoms with Gasteiger partial charge in [-0.25, -0.2) is 0 Å². The van der Waals surface area contributed by atoms with Gasteiger partial charge in [0.05, 0.1) is 11.8 Å². The summed E-state index contributed by atoms with van der Waals surface area (Å²) in [4.78, 5) is 23.2. The van der Waals surface area contributed by atoms with Gasteiger partial charge in [0.2, 0.25) is 5.91 Å². The molecule has 1 aliphatic rings. The Labute approximate surface area is 116 Å². The van der Waals surface area contributed by atoms with Crippen molar-refractivity contribution in [2.24, 2.45) is 23.7 Å². The molecule has 0 heterocycles. The predicted octanol–water partition coefficient (Wildman–Crippen LogP) is 2.68. The highest BCUT2D eigenvalue weighted by Crippen LogP contribution is 2.36. The third-order valence-electron chi connectivity index (χ3n) is 3.96. The second-order valence-corrected chi connectivity index (χ2v) is 6.31. The SMILES string of the molecule is CC(C)CCCCNC(=O)[C@H]1CC(C)C[C@H]1C(=O)O. The highest BCUT2D eigenvalue weighted by molar-refractivity contribution is 5.85. The molecule has 0 saturated heterocycles. The molecule has 4 nitrogen and oxygen atoms in total. The summed E-state index contributed by atoms with van der Waals surface area (Å²) in [7, 11) is 0. The molecule has 1 rings (SSSR count). The molecule has 1 aliphatic carbocycles. The first-order valence-corrected chi connectivity index (χ1v) is 7.42. The van der Waals surface area contributed by atoms with Crippen molar-refractivity contribution < 1.29 is 14.7 Å². The van der Waals surface area contributed by atoms with Crippen molar-refractivity contribution >= 4 is 11.9 Å². The van der Waals surface area contributed by atoms with Gasteiger partial charge in [0, 0.05) is 6.54 Å². The zero-order chi connectivity index (χ0) is 14.4. The van der Waals surface area contributed by atoms with Crippen molar-refractivity contribution in [3.63, 3.8) is 0 Å². The van der Waals surface area contributed by atoms with Crippen LogP contribution < -0.4 is 5.32 Å². The van der Waals surface area contributed by atoms with Crippen LogP contribution in [0.15, 0.2) is 0 Å². The van der Waals surface area contributed by atoms with Gasteiger partial charge < -0.3 is 10.4 Å². The van der Waals surface area contributed by atoms with E-state index >= 15 is 0 Å². The molecular formula is C15H27NO3. The van der Waals surface area contributed by atoms with Crippen LogP contribution >= 0.6 is 0 Å². The molecule has 4 heteroatoms. The summed E-state index contributed by atoms with van der Waals surface area (Å²) in [6, 6.07) is 0. The molecule has 1 saturated carbocycles. The molecule has 110 valence electrons. The Balaban J connectivity index is 2.30. The fourth-order valence-corrected chi connectivity index (χ4v) is 2.87. The van der Waals surface area contributed by atoms with Gasteiger partial charge in [-0.3, -0.25) is 9.59 Å². The van der Waals surface area contributed by atoms with Crippen LogP contribution in [0.25, 0.3) is 0 Å². The van der Waals surface area contributed by atoms with Crippen molar-refractivity contribution in [3.05, 3.63) is 0 Å². The minimum Gasteiger partial charge on any atom is -0.481 e. The zero-order valence-electron chi connectivity index (χ0n) is 12.3. The molecular weight excluding hydrogens is 242 g/mol. The summed E-state index contributed by atoms with van der Waals surface area (Å²) in [5.41, 5.74) is 0. The lowest BCUT2D eigenvalue weighted by Gasteiger charge is -2.15. The van der Waals surface area contributed by atoms with E-state index in [-0.39, 0.29) is 11.8 Å². The van der Waals surface area contributed by atoms with Gasteiger partial charge >= 0.3 is 5.97 Å². The standard InChI is InChI=1S/C15H27NO3/c1-10(2)6-4-5-7-16-14(17)12-8-11(3)9-13(12)15(18)19/h10-13H,4-9H2,1-3H3,(H,16,17)(H,18,19)/t11?,12-,13+/m0/s1. The van der Waals surface area contributed by atoms with Gasteiger partial charge in [-0.05, 0) is 31.1 Å². The molecule has 0 spiro atoms. The maximum absolute atomic E-state index is 12.0. The third kappa shape index (κ3) is 5.21. The summed E-state index contributed by atoms with van der Waals surface area (Å²) in [6.07, 6.45) is 4.59. The van der Waals surface area contributed by atoms with Crippen molar-refractivity contribution in [1.29, 1.82) is 0 Å². The number of carbonyl (C=O) groups is 2. The minimum absolute atomic E-state index is 0.0682. The van der Waals surface area contributed by atoms with E-state index in [1.165, 1.54) is 6.42 Å². The van der Waals surface area contributed by atoms with Crippen LogP contribution in [-0.4, -0.2) is 23.5 Å². The Hall–Kier alpha value is -1.06. The average molecular weight is 269 g/mol. The number of carbonyl (C=O) groups excluding carboxylic acids is 1. The normalized spacial score (nSPS) is 26.6. The van der Waals surface area contributed by atoms with E-state index < -0.39 is 11.9 Å². The first-order chi connectivity index (χ1) is 8.91. The van der Waals surface area contributed by atoms with E-state index in [0.29, 0.717) is 31.2 Å². The predicted molar refractivity (Wildman–Crippen MR) is 74.7 cm³/mol. The molecule has 1 unspecified atom stereocenters. The molecule has 2 N–H and O–H groups in total. The van der Waals surface area contributed by atoms with Crippen LogP contribution in [0.3, 0.4) is 0 Å². The summed E-state index contributed by atoms with van der Waals surface area (Å²) < 4.78 is 0. The molecule has 0 radical (unpaired) electrons. The second kappa shape index (κ2) is 7.51. The van der Waals surface area contributed by atoms with Crippen LogP contribution in [0.4, 0.5) is 0 Å². The van der Waals surface area contributed by atoms with Gasteiger partial charge in [0.25, 0.3) is 0 Å². The van der Waals surface area contributed by atoms with Gasteiger partial charge in [0.1, 0.15) is 0 Å². The summed E-state index contributed by atoms with van der Waals surface area (Å²) in [6.45, 7) is 7.07. The summed E-state index contributed by atoms with van der Waals surface area (Å²) >= 11 is 0. The molecule has 0 aromatic rings. The number of unbranched alkanes of at least 4 members (excludes halogenated alkanes) is 1. The fourth-order valence-electron chi connectivity index (χ4n) is 2.87. The van der Waals surface area contributed by atoms with E-state index in [1.54, 1.807) is 0 Å². The maximum atomic E-state index is 12.0. The van der Waals surface area contributed by atoms with Crippen LogP contribution in [0.1, 0.15) is 52.9 Å². The van der Waals surface area contributed by atoms with Crippen LogP contribution in [0.5, 0.6) is 0 Å². The Kier molecular flexibility index (Phi) is 6.32. The van der Waals surface area contributed by atoms with Crippen molar-refractivity contribution in [3.8, 4) is 0 Å². The number of hydrogen-bond donors (Lipinski definition) is 2. The Morgan fingerprint density at radius 1 is 1.21 bits per heavy atom. The number of rotatable bonds is 7. The molecule has 0 bridgehead atoms. The lowest BCUT2D eigenvalue weighted by molar-refractivity contribution is -0.146. The van der Waals surface area contributed by atoms with Crippen molar-refractivity contribution in [1.82, 2.24) is 5.32 Å². The van der Waals surface area contributed by atoms with Crippen molar-refractivity contribution in [2.45, 2.75) is 52.9 Å². The van der Waals surface area contributed by atoms with E-state index in [0.717, 1.165) is 12.8 Å². The number of carboxylic acid groups (broad SMARTS) is 1. The molecule has 1 amide bonds. The first-order valence-electron chi connectivity index (χ1n) is 7.42. The Morgan fingerprint density at radius 3 is 2.42 bits per heavy atom. The quantitative estimate of drug-likeness (QED) is 0.698. The average Bonchev–Trinajstić information content (AvgIpc) is 2.70. The first kappa shape index (κ1) is 16.0. The number of amides is 1. The molecule has 1 fully saturated rings. The van der Waals surface area contributed by atoms with E-state index in [2.05, 4.69) is 19.2 Å². The third-order valence-corrected chi connectivity index (χ3v) is 3.96. The van der Waals surface area contributed by atoms with Crippen molar-refractivity contribution in [2.75, 3.05) is 6.54 Å². The molecule has 0 aromatic heterocycles. The van der Waals surface area contributed by atoms with E-state index in [4.69, 9.17) is 5.11 Å². The number of aliphatic carboxylic acids is 1. The zero-order valence-corrected chi connectivity index (χ0v) is 12.3. The topological polar surface area (TPSA) is 66.4 Å². The summed E-state index contributed by atoms with van der Waals surface area (Å²) in [5.74, 6) is -0.700. The van der Waals surface area contributed by atoms with E-state index in [9.17, 15) is 9.59 Å². The van der Waals surface area contributed by atoms with E-state index in [1.807, 2.05) is 6.92 Å². The lowest BCUT2D eigenvalue weighted by Crippen LogP contribution is -2.35. The number of nitrogens with one attached hydrogen (secondary N) is 1. The molecule has 0 aromatic carbocycles. The Morgan fingerprint density at radius 2 is 1.84 bits per heavy atom. The smallest absolute Gasteiger partial charge is 0.307 e. The Bertz CT molecular complexity index is 315. The highest BCUT2D eigenvalue weighted by atomic mass is 16.4. The minimum atomic E-state index is -0.829. The molecule has 3 atom stereocenters. The highest BCUT2D eigenvalue weighted by Gasteiger charge is 2.40. The second-order valence-electron chi connectivity index (χ2n) is 6.31. The summed E-state index contributed by atoms with van der Waals surface area (Å²) in [5, 5.41) is 12.0. The van der Waals surface area contributed by atoms with Gasteiger partial charge in [0.15, 0.2) is 0 Å². The van der Waals surface area contributed by atoms with Crippen LogP contribution in [0.2, 0.25) is 0 Å². The maximum Gasteiger partial charge on any atom is 0.307 e.